The largest absolute Gasteiger partial charge is 1.00 e. The second-order valence-corrected chi connectivity index (χ2v) is 0. The van der Waals surface area contributed by atoms with Crippen LogP contribution in [-0.4, -0.2) is 0 Å². The summed E-state index contributed by atoms with van der Waals surface area (Å²) in [5.74, 6) is 0. The van der Waals surface area contributed by atoms with Gasteiger partial charge >= 0.3 is 51.4 Å². The van der Waals surface area contributed by atoms with Crippen molar-refractivity contribution in [2.24, 2.45) is 0 Å². The van der Waals surface area contributed by atoms with Crippen molar-refractivity contribution in [3.8, 4) is 0 Å². The number of rotatable bonds is 0. The van der Waals surface area contributed by atoms with Crippen molar-refractivity contribution >= 4 is 0 Å². The molecule has 0 aromatic carbocycles. The van der Waals surface area contributed by atoms with Crippen LogP contribution in [0.25, 0.3) is 0 Å². The Morgan fingerprint density at radius 1 is 0.500 bits per heavy atom. The van der Waals surface area contributed by atoms with Gasteiger partial charge < -0.3 is 37.2 Å². The molecule has 0 saturated heterocycles. The molecule has 0 rings (SSSR count). The second-order valence-electron chi connectivity index (χ2n) is 0. The van der Waals surface area contributed by atoms with Gasteiger partial charge in [-0.2, -0.15) is 0 Å². The van der Waals surface area contributed by atoms with E-state index in [0.29, 0.717) is 0 Å². The molecule has 0 aliphatic carbocycles. The summed E-state index contributed by atoms with van der Waals surface area (Å²) in [5, 5.41) is 0. The van der Waals surface area contributed by atoms with Crippen LogP contribution in [0, 0.1) is 0 Å². The molecule has 0 bridgehead atoms. The fourth-order valence-corrected chi connectivity index (χ4v) is 0. The Hall–Kier alpha value is 2.51. The van der Waals surface area contributed by atoms with E-state index in [1.54, 1.807) is 0 Å². The van der Waals surface area contributed by atoms with Crippen LogP contribution in [0.1, 0.15) is 0 Å². The van der Waals surface area contributed by atoms with E-state index in [1.165, 1.54) is 0 Å². The summed E-state index contributed by atoms with van der Waals surface area (Å²) in [7, 11) is 0. The first-order valence-electron chi connectivity index (χ1n) is 0. The van der Waals surface area contributed by atoms with Gasteiger partial charge in [0.2, 0.25) is 0 Å². The van der Waals surface area contributed by atoms with Gasteiger partial charge in [0, 0.05) is 0 Å². The van der Waals surface area contributed by atoms with E-state index >= 15 is 0 Å². The predicted molar refractivity (Wildman–Crippen MR) is 0 cm³/mol. The normalized spacial score (nSPS) is 0. The average Bonchev–Trinajstić information content (AvgIpc) is 0. The third kappa shape index (κ3) is 8.82. The Morgan fingerprint density at radius 3 is 0.500 bits per heavy atom. The molecule has 4 heteroatoms. The Morgan fingerprint density at radius 2 is 0.500 bits per heavy atom. The van der Waals surface area contributed by atoms with Gasteiger partial charge in [-0.1, -0.05) is 0 Å². The fraction of sp³-hybridized carbons (Fsp3) is 0. The Bertz CT molecular complexity index is 3.25. The zero-order valence-electron chi connectivity index (χ0n) is 2.13. The standard InChI is InChI=1S/3ClH.K/h3*1H;/q;;;+1/p-3. The van der Waals surface area contributed by atoms with Crippen LogP contribution >= 0.6 is 0 Å². The topological polar surface area (TPSA) is 0 Å². The molecule has 24 valence electrons. The molecule has 0 aliphatic rings. The van der Waals surface area contributed by atoms with Crippen molar-refractivity contribution in [2.75, 3.05) is 0 Å². The Labute approximate surface area is 86.8 Å². The summed E-state index contributed by atoms with van der Waals surface area (Å²) in [6, 6.07) is 0. The molecule has 0 saturated carbocycles. The van der Waals surface area contributed by atoms with Gasteiger partial charge in [-0.15, -0.1) is 0 Å². The van der Waals surface area contributed by atoms with Gasteiger partial charge in [0.1, 0.15) is 0 Å². The maximum Gasteiger partial charge on any atom is 1.00 e. The monoisotopic (exact) mass is 144 g/mol. The van der Waals surface area contributed by atoms with Gasteiger partial charge in [-0.25, -0.2) is 0 Å². The second kappa shape index (κ2) is 17.8. The summed E-state index contributed by atoms with van der Waals surface area (Å²) >= 11 is 0. The number of hydrogen-bond acceptors (Lipinski definition) is 0. The van der Waals surface area contributed by atoms with Crippen LogP contribution in [-0.2, 0) is 0 Å². The van der Waals surface area contributed by atoms with Crippen LogP contribution in [0.5, 0.6) is 0 Å². The van der Waals surface area contributed by atoms with Crippen molar-refractivity contribution in [3.63, 3.8) is 0 Å². The van der Waals surface area contributed by atoms with Gasteiger partial charge in [-0.05, 0) is 0 Å². The zero-order chi connectivity index (χ0) is 0. The predicted octanol–water partition coefficient (Wildman–Crippen LogP) is -12.0. The first-order chi connectivity index (χ1) is 0. The maximum absolute atomic E-state index is 0. The minimum absolute atomic E-state index is 0. The maximum atomic E-state index is 0. The smallest absolute Gasteiger partial charge is 1.00 e. The first-order valence-corrected chi connectivity index (χ1v) is 0. The molecule has 0 unspecified atom stereocenters. The summed E-state index contributed by atoms with van der Waals surface area (Å²) in [4.78, 5) is 0. The van der Waals surface area contributed by atoms with E-state index in [4.69, 9.17) is 0 Å². The van der Waals surface area contributed by atoms with Crippen molar-refractivity contribution in [1.29, 1.82) is 0 Å². The van der Waals surface area contributed by atoms with Crippen LogP contribution in [0.3, 0.4) is 0 Å². The van der Waals surface area contributed by atoms with E-state index in [9.17, 15) is 0 Å². The van der Waals surface area contributed by atoms with Gasteiger partial charge in [0.05, 0.1) is 0 Å². The number of halogens is 3. The molecule has 0 aliphatic heterocycles. The molecule has 0 spiro atoms. The van der Waals surface area contributed by atoms with Crippen molar-refractivity contribution in [2.45, 2.75) is 0 Å². The molecular weight excluding hydrogens is 145 g/mol. The minimum Gasteiger partial charge on any atom is -1.00 e. The Balaban J connectivity index is 0. The first kappa shape index (κ1) is 31.4. The molecule has 0 aromatic heterocycles. The zero-order valence-corrected chi connectivity index (χ0v) is 7.52. The summed E-state index contributed by atoms with van der Waals surface area (Å²) in [6.45, 7) is 0. The van der Waals surface area contributed by atoms with E-state index in [0.717, 1.165) is 0 Å². The third-order valence-electron chi connectivity index (χ3n) is 0. The summed E-state index contributed by atoms with van der Waals surface area (Å²) in [6.07, 6.45) is 0. The molecule has 0 fully saturated rings. The van der Waals surface area contributed by atoms with Crippen LogP contribution in [0.2, 0.25) is 0 Å². The van der Waals surface area contributed by atoms with Crippen molar-refractivity contribution in [3.05, 3.63) is 0 Å². The third-order valence-corrected chi connectivity index (χ3v) is 0. The van der Waals surface area contributed by atoms with E-state index < -0.39 is 0 Å². The fourth-order valence-electron chi connectivity index (χ4n) is 0. The molecule has 0 radical (unpaired) electrons. The Kier molecular flexibility index (Phi) is 140. The summed E-state index contributed by atoms with van der Waals surface area (Å²) < 4.78 is 0. The molecule has 0 amide bonds. The molecule has 4 heavy (non-hydrogen) atoms. The molecule has 0 atom stereocenters. The quantitative estimate of drug-likeness (QED) is 0.297. The van der Waals surface area contributed by atoms with E-state index in [2.05, 4.69) is 0 Å². The van der Waals surface area contributed by atoms with Gasteiger partial charge in [0.15, 0.2) is 0 Å². The molecule has 0 nitrogen and oxygen atoms in total. The summed E-state index contributed by atoms with van der Waals surface area (Å²) in [5.41, 5.74) is 0. The van der Waals surface area contributed by atoms with Crippen molar-refractivity contribution in [1.82, 2.24) is 0 Å². The average molecular weight is 145 g/mol. The van der Waals surface area contributed by atoms with Crippen LogP contribution in [0.15, 0.2) is 0 Å². The van der Waals surface area contributed by atoms with Crippen LogP contribution in [0.4, 0.5) is 0 Å². The molecule has 0 aromatic rings. The van der Waals surface area contributed by atoms with Gasteiger partial charge in [0.25, 0.3) is 0 Å². The minimum atomic E-state index is 0. The van der Waals surface area contributed by atoms with Crippen molar-refractivity contribution < 1.29 is 88.6 Å². The van der Waals surface area contributed by atoms with Crippen LogP contribution < -0.4 is 88.6 Å². The van der Waals surface area contributed by atoms with Gasteiger partial charge in [-0.3, -0.25) is 0 Å². The van der Waals surface area contributed by atoms with E-state index in [1.807, 2.05) is 0 Å². The van der Waals surface area contributed by atoms with E-state index in [-0.39, 0.29) is 88.6 Å². The molecule has 0 heterocycles. The SMILES string of the molecule is [Cl-].[Cl-].[Cl-].[K+]. The number of hydrogen-bond donors (Lipinski definition) is 0. The molecule has 0 N–H and O–H groups in total. The molecular formula is Cl3K-2.